The third-order valence-corrected chi connectivity index (χ3v) is 2.13. The fourth-order valence-electron chi connectivity index (χ4n) is 0.999. The summed E-state index contributed by atoms with van der Waals surface area (Å²) in [6.45, 7) is 4.20. The maximum absolute atomic E-state index is 11.1. The summed E-state index contributed by atoms with van der Waals surface area (Å²) in [6, 6.07) is 7.03. The fraction of sp³-hybridized carbons (Fsp3) is 0.417. The van der Waals surface area contributed by atoms with Crippen LogP contribution in [0, 0.1) is 5.92 Å². The van der Waals surface area contributed by atoms with Crippen LogP contribution in [0.5, 0.6) is 5.75 Å². The van der Waals surface area contributed by atoms with E-state index in [2.05, 4.69) is 0 Å². The lowest BCUT2D eigenvalue weighted by Crippen LogP contribution is -2.16. The Kier molecular flexibility index (Phi) is 5.12. The molecule has 1 aromatic carbocycles. The van der Waals surface area contributed by atoms with Gasteiger partial charge in [-0.05, 0) is 24.3 Å². The third-order valence-electron chi connectivity index (χ3n) is 1.88. The van der Waals surface area contributed by atoms with Crippen molar-refractivity contribution >= 4 is 17.6 Å². The van der Waals surface area contributed by atoms with Crippen molar-refractivity contribution in [1.29, 1.82) is 0 Å². The number of hydrogen-bond acceptors (Lipinski definition) is 3. The number of esters is 1. The van der Waals surface area contributed by atoms with Gasteiger partial charge in [-0.25, -0.2) is 0 Å². The first-order valence-corrected chi connectivity index (χ1v) is 5.52. The van der Waals surface area contributed by atoms with Gasteiger partial charge in [0.1, 0.15) is 19.0 Å². The molecule has 0 radical (unpaired) electrons. The maximum atomic E-state index is 11.1. The summed E-state index contributed by atoms with van der Waals surface area (Å²) in [5, 5.41) is 0.665. The highest BCUT2D eigenvalue weighted by atomic mass is 35.5. The first-order valence-electron chi connectivity index (χ1n) is 5.14. The Morgan fingerprint density at radius 3 is 2.44 bits per heavy atom. The van der Waals surface area contributed by atoms with Crippen molar-refractivity contribution in [3.63, 3.8) is 0 Å². The Labute approximate surface area is 100 Å². The fourth-order valence-corrected chi connectivity index (χ4v) is 1.13. The van der Waals surface area contributed by atoms with Crippen molar-refractivity contribution in [2.75, 3.05) is 13.2 Å². The van der Waals surface area contributed by atoms with Crippen LogP contribution < -0.4 is 4.74 Å². The minimum atomic E-state index is -0.209. The molecule has 0 aliphatic rings. The second-order valence-electron chi connectivity index (χ2n) is 3.62. The largest absolute Gasteiger partial charge is 0.490 e. The van der Waals surface area contributed by atoms with Gasteiger partial charge < -0.3 is 9.47 Å². The molecule has 88 valence electrons. The van der Waals surface area contributed by atoms with Gasteiger partial charge in [-0.1, -0.05) is 25.4 Å². The second kappa shape index (κ2) is 6.38. The molecule has 4 heteroatoms. The van der Waals surface area contributed by atoms with Gasteiger partial charge in [-0.3, -0.25) is 4.79 Å². The molecule has 0 saturated carbocycles. The molecule has 0 amide bonds. The van der Waals surface area contributed by atoms with Gasteiger partial charge in [0, 0.05) is 5.02 Å². The van der Waals surface area contributed by atoms with E-state index in [0.717, 1.165) is 0 Å². The predicted octanol–water partition coefficient (Wildman–Crippen LogP) is 2.92. The van der Waals surface area contributed by atoms with Crippen molar-refractivity contribution in [2.45, 2.75) is 13.8 Å². The van der Waals surface area contributed by atoms with Crippen LogP contribution in [0.2, 0.25) is 5.02 Å². The van der Waals surface area contributed by atoms with Crippen LogP contribution in [0.1, 0.15) is 13.8 Å². The molecule has 0 aromatic heterocycles. The number of benzene rings is 1. The van der Waals surface area contributed by atoms with Gasteiger partial charge in [0.2, 0.25) is 0 Å². The predicted molar refractivity (Wildman–Crippen MR) is 62.7 cm³/mol. The van der Waals surface area contributed by atoms with Crippen LogP contribution in [0.3, 0.4) is 0 Å². The highest BCUT2D eigenvalue weighted by Gasteiger charge is 2.07. The minimum absolute atomic E-state index is 0.101. The molecule has 0 unspecified atom stereocenters. The molecule has 0 fully saturated rings. The van der Waals surface area contributed by atoms with Crippen molar-refractivity contribution < 1.29 is 14.3 Å². The standard InChI is InChI=1S/C12H15ClO3/c1-9(2)12(14)16-8-7-15-11-5-3-10(13)4-6-11/h3-6,9H,7-8H2,1-2H3. The molecule has 0 bridgehead atoms. The molecule has 16 heavy (non-hydrogen) atoms. The average Bonchev–Trinajstić information content (AvgIpc) is 2.26. The molecule has 3 nitrogen and oxygen atoms in total. The van der Waals surface area contributed by atoms with Crippen molar-refractivity contribution in [2.24, 2.45) is 5.92 Å². The van der Waals surface area contributed by atoms with Gasteiger partial charge in [0.05, 0.1) is 5.92 Å². The zero-order chi connectivity index (χ0) is 12.0. The zero-order valence-electron chi connectivity index (χ0n) is 9.40. The summed E-state index contributed by atoms with van der Waals surface area (Å²) >= 11 is 5.72. The molecule has 0 saturated heterocycles. The Bertz CT molecular complexity index is 333. The summed E-state index contributed by atoms with van der Waals surface area (Å²) in [4.78, 5) is 11.1. The number of ether oxygens (including phenoxy) is 2. The molecule has 0 N–H and O–H groups in total. The number of carbonyl (C=O) groups excluding carboxylic acids is 1. The van der Waals surface area contributed by atoms with Gasteiger partial charge in [0.25, 0.3) is 0 Å². The lowest BCUT2D eigenvalue weighted by molar-refractivity contribution is -0.148. The normalized spacial score (nSPS) is 10.2. The highest BCUT2D eigenvalue weighted by Crippen LogP contribution is 2.15. The van der Waals surface area contributed by atoms with E-state index in [0.29, 0.717) is 17.4 Å². The van der Waals surface area contributed by atoms with Crippen LogP contribution >= 0.6 is 11.6 Å². The van der Waals surface area contributed by atoms with E-state index in [4.69, 9.17) is 21.1 Å². The number of hydrogen-bond donors (Lipinski definition) is 0. The van der Waals surface area contributed by atoms with E-state index in [1.54, 1.807) is 38.1 Å². The summed E-state index contributed by atoms with van der Waals surface area (Å²) < 4.78 is 10.3. The molecule has 0 spiro atoms. The second-order valence-corrected chi connectivity index (χ2v) is 4.06. The summed E-state index contributed by atoms with van der Waals surface area (Å²) in [5.41, 5.74) is 0. The minimum Gasteiger partial charge on any atom is -0.490 e. The Hall–Kier alpha value is -1.22. The lowest BCUT2D eigenvalue weighted by Gasteiger charge is -2.08. The summed E-state index contributed by atoms with van der Waals surface area (Å²) in [6.07, 6.45) is 0. The lowest BCUT2D eigenvalue weighted by atomic mass is 10.2. The molecule has 1 rings (SSSR count). The van der Waals surface area contributed by atoms with Gasteiger partial charge in [-0.15, -0.1) is 0 Å². The van der Waals surface area contributed by atoms with Gasteiger partial charge >= 0.3 is 5.97 Å². The first kappa shape index (κ1) is 12.8. The molecule has 0 heterocycles. The van der Waals surface area contributed by atoms with Crippen LogP contribution in [0.4, 0.5) is 0 Å². The number of rotatable bonds is 5. The highest BCUT2D eigenvalue weighted by molar-refractivity contribution is 6.30. The van der Waals surface area contributed by atoms with Gasteiger partial charge in [-0.2, -0.15) is 0 Å². The van der Waals surface area contributed by atoms with Crippen LogP contribution in [-0.4, -0.2) is 19.2 Å². The van der Waals surface area contributed by atoms with Gasteiger partial charge in [0.15, 0.2) is 0 Å². The van der Waals surface area contributed by atoms with E-state index < -0.39 is 0 Å². The quantitative estimate of drug-likeness (QED) is 0.588. The molecular weight excluding hydrogens is 228 g/mol. The van der Waals surface area contributed by atoms with E-state index >= 15 is 0 Å². The SMILES string of the molecule is CC(C)C(=O)OCCOc1ccc(Cl)cc1. The smallest absolute Gasteiger partial charge is 0.308 e. The van der Waals surface area contributed by atoms with Crippen LogP contribution in [-0.2, 0) is 9.53 Å². The summed E-state index contributed by atoms with van der Waals surface area (Å²) in [7, 11) is 0. The first-order chi connectivity index (χ1) is 7.59. The zero-order valence-corrected chi connectivity index (χ0v) is 10.2. The Morgan fingerprint density at radius 2 is 1.88 bits per heavy atom. The number of carbonyl (C=O) groups is 1. The molecule has 1 aromatic rings. The van der Waals surface area contributed by atoms with E-state index in [1.807, 2.05) is 0 Å². The van der Waals surface area contributed by atoms with E-state index in [-0.39, 0.29) is 18.5 Å². The average molecular weight is 243 g/mol. The summed E-state index contributed by atoms with van der Waals surface area (Å²) in [5.74, 6) is 0.403. The van der Waals surface area contributed by atoms with E-state index in [9.17, 15) is 4.79 Å². The maximum Gasteiger partial charge on any atom is 0.308 e. The molecular formula is C12H15ClO3. The monoisotopic (exact) mass is 242 g/mol. The third kappa shape index (κ3) is 4.53. The Balaban J connectivity index is 2.21. The topological polar surface area (TPSA) is 35.5 Å². The van der Waals surface area contributed by atoms with Crippen molar-refractivity contribution in [3.8, 4) is 5.75 Å². The van der Waals surface area contributed by atoms with E-state index in [1.165, 1.54) is 0 Å². The van der Waals surface area contributed by atoms with Crippen molar-refractivity contribution in [1.82, 2.24) is 0 Å². The molecule has 0 atom stereocenters. The number of halogens is 1. The molecule has 0 aliphatic heterocycles. The van der Waals surface area contributed by atoms with Crippen molar-refractivity contribution in [3.05, 3.63) is 29.3 Å². The van der Waals surface area contributed by atoms with Crippen LogP contribution in [0.25, 0.3) is 0 Å². The molecule has 0 aliphatic carbocycles. The Morgan fingerprint density at radius 1 is 1.25 bits per heavy atom. The van der Waals surface area contributed by atoms with Crippen LogP contribution in [0.15, 0.2) is 24.3 Å².